The molecule has 0 aliphatic carbocycles. The molecule has 2 heterocycles. The van der Waals surface area contributed by atoms with Gasteiger partial charge in [0.2, 0.25) is 0 Å². The molecule has 0 spiro atoms. The lowest BCUT2D eigenvalue weighted by Gasteiger charge is -2.36. The van der Waals surface area contributed by atoms with Gasteiger partial charge in [-0.15, -0.1) is 0 Å². The summed E-state index contributed by atoms with van der Waals surface area (Å²) in [7, 11) is 1.59. The van der Waals surface area contributed by atoms with E-state index in [1.807, 2.05) is 54.3 Å². The van der Waals surface area contributed by atoms with Gasteiger partial charge in [-0.2, -0.15) is 0 Å². The van der Waals surface area contributed by atoms with Crippen LogP contribution in [-0.4, -0.2) is 59.0 Å². The van der Waals surface area contributed by atoms with Crippen LogP contribution < -0.4 is 9.64 Å². The highest BCUT2D eigenvalue weighted by Crippen LogP contribution is 2.29. The summed E-state index contributed by atoms with van der Waals surface area (Å²) in [5.41, 5.74) is 4.35. The van der Waals surface area contributed by atoms with Gasteiger partial charge in [-0.05, 0) is 30.7 Å². The number of ether oxygens (including phenoxy) is 1. The molecule has 5 rings (SSSR count). The SMILES string of the molecule is COc1cccc(C(=O)N2CCN(c3nc(-c4ccccc4)nc(C)c3Cc3ccc([N+](=O)[O-])cc3)CC2)c1. The number of rotatable bonds is 7. The van der Waals surface area contributed by atoms with Crippen LogP contribution in [0.15, 0.2) is 78.9 Å². The zero-order valence-electron chi connectivity index (χ0n) is 21.9. The third-order valence-corrected chi connectivity index (χ3v) is 6.94. The molecule has 4 aromatic rings. The quantitative estimate of drug-likeness (QED) is 0.250. The van der Waals surface area contributed by atoms with Gasteiger partial charge >= 0.3 is 0 Å². The number of anilines is 1. The molecule has 1 saturated heterocycles. The van der Waals surface area contributed by atoms with Crippen molar-refractivity contribution in [3.8, 4) is 17.1 Å². The lowest BCUT2D eigenvalue weighted by molar-refractivity contribution is -0.384. The number of carbonyl (C=O) groups excluding carboxylic acids is 1. The number of methoxy groups -OCH3 is 1. The van der Waals surface area contributed by atoms with Crippen LogP contribution in [0.25, 0.3) is 11.4 Å². The molecule has 9 nitrogen and oxygen atoms in total. The maximum Gasteiger partial charge on any atom is 0.269 e. The molecule has 0 bridgehead atoms. The van der Waals surface area contributed by atoms with Gasteiger partial charge in [-0.1, -0.05) is 48.5 Å². The van der Waals surface area contributed by atoms with Crippen LogP contribution in [0, 0.1) is 17.0 Å². The molecule has 1 aromatic heterocycles. The smallest absolute Gasteiger partial charge is 0.269 e. The van der Waals surface area contributed by atoms with Gasteiger partial charge in [-0.3, -0.25) is 14.9 Å². The zero-order chi connectivity index (χ0) is 27.4. The van der Waals surface area contributed by atoms with Crippen LogP contribution >= 0.6 is 0 Å². The first-order chi connectivity index (χ1) is 18.9. The van der Waals surface area contributed by atoms with Gasteiger partial charge < -0.3 is 14.5 Å². The van der Waals surface area contributed by atoms with E-state index in [-0.39, 0.29) is 11.6 Å². The standard InChI is InChI=1S/C30H29N5O4/c1-21-27(19-22-11-13-25(14-12-22)35(37)38)29(32-28(31-21)23-7-4-3-5-8-23)33-15-17-34(18-16-33)30(36)24-9-6-10-26(20-24)39-2/h3-14,20H,15-19H2,1-2H3. The van der Waals surface area contributed by atoms with E-state index in [1.165, 1.54) is 12.1 Å². The lowest BCUT2D eigenvalue weighted by atomic mass is 10.0. The number of nitro groups is 1. The second-order valence-electron chi connectivity index (χ2n) is 9.41. The van der Waals surface area contributed by atoms with Crippen LogP contribution in [0.2, 0.25) is 0 Å². The Hall–Kier alpha value is -4.79. The van der Waals surface area contributed by atoms with Gasteiger partial charge in [0.25, 0.3) is 11.6 Å². The highest BCUT2D eigenvalue weighted by atomic mass is 16.6. The van der Waals surface area contributed by atoms with E-state index in [0.717, 1.165) is 28.2 Å². The minimum atomic E-state index is -0.398. The fourth-order valence-corrected chi connectivity index (χ4v) is 4.77. The molecule has 9 heteroatoms. The number of aryl methyl sites for hydroxylation is 1. The first-order valence-electron chi connectivity index (χ1n) is 12.8. The number of non-ortho nitro benzene ring substituents is 1. The number of hydrogen-bond donors (Lipinski definition) is 0. The summed E-state index contributed by atoms with van der Waals surface area (Å²) in [6.07, 6.45) is 0.539. The molecule has 1 aliphatic heterocycles. The van der Waals surface area contributed by atoms with Gasteiger partial charge in [0.05, 0.1) is 12.0 Å². The van der Waals surface area contributed by atoms with Crippen LogP contribution in [0.5, 0.6) is 5.75 Å². The van der Waals surface area contributed by atoms with Gasteiger partial charge in [0.1, 0.15) is 11.6 Å². The number of piperazine rings is 1. The largest absolute Gasteiger partial charge is 0.497 e. The van der Waals surface area contributed by atoms with Gasteiger partial charge in [-0.25, -0.2) is 9.97 Å². The summed E-state index contributed by atoms with van der Waals surface area (Å²) in [6.45, 7) is 4.32. The van der Waals surface area contributed by atoms with E-state index in [9.17, 15) is 14.9 Å². The highest BCUT2D eigenvalue weighted by molar-refractivity contribution is 5.94. The fraction of sp³-hybridized carbons (Fsp3) is 0.233. The average molecular weight is 524 g/mol. The molecular weight excluding hydrogens is 494 g/mol. The monoisotopic (exact) mass is 523 g/mol. The van der Waals surface area contributed by atoms with Crippen LogP contribution in [-0.2, 0) is 6.42 Å². The average Bonchev–Trinajstić information content (AvgIpc) is 2.98. The number of nitrogens with zero attached hydrogens (tertiary/aromatic N) is 5. The molecule has 3 aromatic carbocycles. The highest BCUT2D eigenvalue weighted by Gasteiger charge is 2.26. The molecule has 1 fully saturated rings. The lowest BCUT2D eigenvalue weighted by Crippen LogP contribution is -2.49. The molecule has 1 aliphatic rings. The molecule has 0 atom stereocenters. The Morgan fingerprint density at radius 2 is 1.67 bits per heavy atom. The number of carbonyl (C=O) groups is 1. The van der Waals surface area contributed by atoms with Crippen molar-refractivity contribution >= 4 is 17.4 Å². The molecule has 1 amide bonds. The van der Waals surface area contributed by atoms with E-state index < -0.39 is 4.92 Å². The normalized spacial score (nSPS) is 13.3. The first kappa shape index (κ1) is 25.8. The minimum Gasteiger partial charge on any atom is -0.497 e. The second-order valence-corrected chi connectivity index (χ2v) is 9.41. The first-order valence-corrected chi connectivity index (χ1v) is 12.8. The van der Waals surface area contributed by atoms with Crippen LogP contribution in [0.4, 0.5) is 11.5 Å². The number of nitro benzene ring substituents is 1. The third kappa shape index (κ3) is 5.72. The topological polar surface area (TPSA) is 102 Å². The maximum absolute atomic E-state index is 13.2. The molecule has 0 radical (unpaired) electrons. The predicted octanol–water partition coefficient (Wildman–Crippen LogP) is 4.92. The fourth-order valence-electron chi connectivity index (χ4n) is 4.77. The summed E-state index contributed by atoms with van der Waals surface area (Å²) in [6, 6.07) is 23.6. The van der Waals surface area contributed by atoms with Crippen molar-refractivity contribution in [2.45, 2.75) is 13.3 Å². The van der Waals surface area contributed by atoms with E-state index in [4.69, 9.17) is 14.7 Å². The maximum atomic E-state index is 13.2. The Balaban J connectivity index is 1.42. The molecule has 0 saturated carbocycles. The molecular formula is C30H29N5O4. The third-order valence-electron chi connectivity index (χ3n) is 6.94. The Bertz CT molecular complexity index is 1480. The van der Waals surface area contributed by atoms with E-state index >= 15 is 0 Å². The summed E-state index contributed by atoms with van der Waals surface area (Å²) in [4.78, 5) is 37.8. The number of hydrogen-bond acceptors (Lipinski definition) is 7. The van der Waals surface area contributed by atoms with Crippen molar-refractivity contribution < 1.29 is 14.5 Å². The number of benzene rings is 3. The summed E-state index contributed by atoms with van der Waals surface area (Å²) >= 11 is 0. The van der Waals surface area contributed by atoms with Crippen molar-refractivity contribution in [3.63, 3.8) is 0 Å². The zero-order valence-corrected chi connectivity index (χ0v) is 21.9. The van der Waals surface area contributed by atoms with Crippen molar-refractivity contribution in [2.24, 2.45) is 0 Å². The second kappa shape index (κ2) is 11.3. The number of amides is 1. The van der Waals surface area contributed by atoms with E-state index in [1.54, 1.807) is 31.4 Å². The van der Waals surface area contributed by atoms with Crippen molar-refractivity contribution in [2.75, 3.05) is 38.2 Å². The van der Waals surface area contributed by atoms with Crippen molar-refractivity contribution in [3.05, 3.63) is 111 Å². The summed E-state index contributed by atoms with van der Waals surface area (Å²) in [5.74, 6) is 2.10. The molecule has 39 heavy (non-hydrogen) atoms. The Kier molecular flexibility index (Phi) is 7.49. The van der Waals surface area contributed by atoms with Crippen molar-refractivity contribution in [1.82, 2.24) is 14.9 Å². The van der Waals surface area contributed by atoms with E-state index in [0.29, 0.717) is 49.7 Å². The van der Waals surface area contributed by atoms with Crippen LogP contribution in [0.3, 0.4) is 0 Å². The van der Waals surface area contributed by atoms with Gasteiger partial charge in [0.15, 0.2) is 5.82 Å². The van der Waals surface area contributed by atoms with Gasteiger partial charge in [0, 0.05) is 67.1 Å². The Morgan fingerprint density at radius 3 is 2.33 bits per heavy atom. The molecule has 198 valence electrons. The number of aromatic nitrogens is 2. The Labute approximate surface area is 226 Å². The minimum absolute atomic E-state index is 0.0245. The predicted molar refractivity (Wildman–Crippen MR) is 149 cm³/mol. The van der Waals surface area contributed by atoms with Crippen LogP contribution in [0.1, 0.15) is 27.2 Å². The summed E-state index contributed by atoms with van der Waals surface area (Å²) < 4.78 is 5.28. The summed E-state index contributed by atoms with van der Waals surface area (Å²) in [5, 5.41) is 11.1. The molecule has 0 unspecified atom stereocenters. The van der Waals surface area contributed by atoms with E-state index in [2.05, 4.69) is 4.90 Å². The van der Waals surface area contributed by atoms with Crippen molar-refractivity contribution in [1.29, 1.82) is 0 Å². The Morgan fingerprint density at radius 1 is 0.949 bits per heavy atom. The molecule has 0 N–H and O–H groups in total.